The molecule has 4 nitrogen and oxygen atoms in total. The van der Waals surface area contributed by atoms with Crippen molar-refractivity contribution in [3.8, 4) is 0 Å². The molecule has 4 rings (SSSR count). The second-order valence-corrected chi connectivity index (χ2v) is 9.51. The minimum atomic E-state index is -0.422. The van der Waals surface area contributed by atoms with Crippen molar-refractivity contribution >= 4 is 5.91 Å². The summed E-state index contributed by atoms with van der Waals surface area (Å²) in [6.07, 6.45) is 13.9. The molecule has 2 saturated carbocycles. The van der Waals surface area contributed by atoms with Crippen LogP contribution in [0.1, 0.15) is 67.3 Å². The molecule has 0 saturated heterocycles. The smallest absolute Gasteiger partial charge is 0.257 e. The molecule has 3 aliphatic carbocycles. The zero-order valence-electron chi connectivity index (χ0n) is 18.6. The molecular formula is C26H34FNO3. The fourth-order valence-corrected chi connectivity index (χ4v) is 5.61. The number of allylic oxidation sites excluding steroid dienone is 3. The van der Waals surface area contributed by atoms with Gasteiger partial charge in [-0.25, -0.2) is 4.39 Å². The van der Waals surface area contributed by atoms with Crippen molar-refractivity contribution in [3.63, 3.8) is 0 Å². The Morgan fingerprint density at radius 1 is 1.23 bits per heavy atom. The lowest BCUT2D eigenvalue weighted by Crippen LogP contribution is -2.47. The summed E-state index contributed by atoms with van der Waals surface area (Å²) in [5.74, 6) is 0.688. The van der Waals surface area contributed by atoms with Crippen LogP contribution in [-0.2, 0) is 4.74 Å². The minimum Gasteiger partial charge on any atom is -0.497 e. The number of hydrogen-bond donors (Lipinski definition) is 1. The number of aliphatic hydroxyl groups is 1. The van der Waals surface area contributed by atoms with E-state index in [2.05, 4.69) is 12.2 Å². The first-order valence-corrected chi connectivity index (χ1v) is 11.6. The lowest BCUT2D eigenvalue weighted by molar-refractivity contribution is 0.0291. The van der Waals surface area contributed by atoms with Crippen LogP contribution in [0.15, 0.2) is 42.2 Å². The van der Waals surface area contributed by atoms with Crippen LogP contribution in [0.25, 0.3) is 0 Å². The maximum atomic E-state index is 14.5. The molecule has 3 aliphatic rings. The van der Waals surface area contributed by atoms with Gasteiger partial charge in [-0.15, -0.1) is 0 Å². The number of amides is 1. The third-order valence-electron chi connectivity index (χ3n) is 7.57. The van der Waals surface area contributed by atoms with E-state index < -0.39 is 5.82 Å². The van der Waals surface area contributed by atoms with Gasteiger partial charge >= 0.3 is 0 Å². The van der Waals surface area contributed by atoms with Crippen LogP contribution in [0.2, 0.25) is 0 Å². The van der Waals surface area contributed by atoms with E-state index in [1.807, 2.05) is 24.0 Å². The number of ether oxygens (including phenoxy) is 1. The van der Waals surface area contributed by atoms with Gasteiger partial charge in [0, 0.05) is 18.7 Å². The summed E-state index contributed by atoms with van der Waals surface area (Å²) < 4.78 is 19.9. The molecule has 5 heteroatoms. The molecule has 0 aliphatic heterocycles. The number of carbonyl (C=O) groups is 1. The van der Waals surface area contributed by atoms with Gasteiger partial charge in [0.05, 0.1) is 12.7 Å². The highest BCUT2D eigenvalue weighted by atomic mass is 19.1. The highest BCUT2D eigenvalue weighted by molar-refractivity contribution is 5.95. The predicted octanol–water partition coefficient (Wildman–Crippen LogP) is 5.16. The van der Waals surface area contributed by atoms with E-state index >= 15 is 0 Å². The predicted molar refractivity (Wildman–Crippen MR) is 119 cm³/mol. The van der Waals surface area contributed by atoms with Gasteiger partial charge in [-0.1, -0.05) is 12.1 Å². The molecule has 0 spiro atoms. The van der Waals surface area contributed by atoms with Gasteiger partial charge in [-0.2, -0.15) is 0 Å². The van der Waals surface area contributed by atoms with Gasteiger partial charge < -0.3 is 14.7 Å². The molecule has 1 unspecified atom stereocenters. The van der Waals surface area contributed by atoms with Crippen LogP contribution in [0.5, 0.6) is 0 Å². The minimum absolute atomic E-state index is 0.0465. The number of nitrogens with zero attached hydrogens (tertiary/aromatic N) is 1. The molecule has 0 radical (unpaired) electrons. The second-order valence-electron chi connectivity index (χ2n) is 9.51. The van der Waals surface area contributed by atoms with E-state index in [-0.39, 0.29) is 35.6 Å². The molecule has 0 aromatic heterocycles. The van der Waals surface area contributed by atoms with E-state index in [0.717, 1.165) is 62.7 Å². The van der Waals surface area contributed by atoms with Gasteiger partial charge in [-0.3, -0.25) is 4.79 Å². The molecule has 1 N–H and O–H groups in total. The van der Waals surface area contributed by atoms with Crippen molar-refractivity contribution in [1.82, 2.24) is 4.90 Å². The van der Waals surface area contributed by atoms with Crippen molar-refractivity contribution in [3.05, 3.63) is 59.1 Å². The highest BCUT2D eigenvalue weighted by Gasteiger charge is 2.45. The Hall–Kier alpha value is -2.14. The van der Waals surface area contributed by atoms with E-state index in [1.165, 1.54) is 6.07 Å². The maximum Gasteiger partial charge on any atom is 0.257 e. The maximum absolute atomic E-state index is 14.5. The molecule has 0 bridgehead atoms. The first-order chi connectivity index (χ1) is 15.0. The molecular weight excluding hydrogens is 393 g/mol. The van der Waals surface area contributed by atoms with Gasteiger partial charge in [-0.05, 0) is 99.5 Å². The Morgan fingerprint density at radius 2 is 1.94 bits per heavy atom. The van der Waals surface area contributed by atoms with Crippen molar-refractivity contribution in [2.45, 2.75) is 70.4 Å². The first-order valence-electron chi connectivity index (χ1n) is 11.6. The molecule has 1 aromatic rings. The van der Waals surface area contributed by atoms with E-state index in [4.69, 9.17) is 4.74 Å². The molecule has 1 atom stereocenters. The number of halogens is 1. The zero-order chi connectivity index (χ0) is 22.0. The van der Waals surface area contributed by atoms with Crippen molar-refractivity contribution in [2.75, 3.05) is 13.7 Å². The average Bonchev–Trinajstić information content (AvgIpc) is 3.60. The molecule has 1 aromatic carbocycles. The average molecular weight is 428 g/mol. The van der Waals surface area contributed by atoms with Crippen LogP contribution in [-0.4, -0.2) is 41.7 Å². The van der Waals surface area contributed by atoms with Crippen LogP contribution in [0.4, 0.5) is 4.39 Å². The zero-order valence-corrected chi connectivity index (χ0v) is 18.6. The quantitative estimate of drug-likeness (QED) is 0.654. The molecule has 1 amide bonds. The largest absolute Gasteiger partial charge is 0.497 e. The lowest BCUT2D eigenvalue weighted by Gasteiger charge is -2.47. The summed E-state index contributed by atoms with van der Waals surface area (Å²) in [5.41, 5.74) is 1.06. The van der Waals surface area contributed by atoms with Gasteiger partial charge in [0.1, 0.15) is 11.6 Å². The Kier molecular flexibility index (Phi) is 6.52. The number of methoxy groups -OCH3 is 1. The fraction of sp³-hybridized carbons (Fsp3) is 0.577. The Morgan fingerprint density at radius 3 is 2.48 bits per heavy atom. The van der Waals surface area contributed by atoms with E-state index in [9.17, 15) is 14.3 Å². The van der Waals surface area contributed by atoms with Crippen molar-refractivity contribution in [1.29, 1.82) is 0 Å². The number of aryl methyl sites for hydroxylation is 1. The SMILES string of the molecule is COC1=CCC([C@]2(CCO)CC[C@@H](N(C(=O)c3ccc(C)cc3F)C3CC3)CC2)C=C1. The summed E-state index contributed by atoms with van der Waals surface area (Å²) >= 11 is 0. The van der Waals surface area contributed by atoms with Crippen LogP contribution >= 0.6 is 0 Å². The molecule has 31 heavy (non-hydrogen) atoms. The Bertz CT molecular complexity index is 865. The van der Waals surface area contributed by atoms with Gasteiger partial charge in [0.2, 0.25) is 0 Å². The Labute approximate surface area is 184 Å². The molecule has 0 heterocycles. The third kappa shape index (κ3) is 4.57. The van der Waals surface area contributed by atoms with Crippen LogP contribution in [0.3, 0.4) is 0 Å². The number of aliphatic hydroxyl groups excluding tert-OH is 1. The molecule has 2 fully saturated rings. The van der Waals surface area contributed by atoms with Crippen LogP contribution in [0, 0.1) is 24.1 Å². The summed E-state index contributed by atoms with van der Waals surface area (Å²) in [6, 6.07) is 5.28. The van der Waals surface area contributed by atoms with Crippen molar-refractivity contribution < 1.29 is 19.0 Å². The third-order valence-corrected chi connectivity index (χ3v) is 7.57. The summed E-state index contributed by atoms with van der Waals surface area (Å²) in [4.78, 5) is 15.3. The first kappa shape index (κ1) is 22.1. The Balaban J connectivity index is 1.49. The topological polar surface area (TPSA) is 49.8 Å². The summed E-state index contributed by atoms with van der Waals surface area (Å²) in [7, 11) is 1.69. The molecule has 168 valence electrons. The number of rotatable bonds is 7. The normalized spacial score (nSPS) is 28.2. The fourth-order valence-electron chi connectivity index (χ4n) is 5.61. The number of benzene rings is 1. The van der Waals surface area contributed by atoms with E-state index in [1.54, 1.807) is 13.2 Å². The standard InChI is InChI=1S/C26H34FNO3/c1-18-3-10-23(24(27)17-18)25(30)28(20-6-7-20)21-11-13-26(14-12-21,15-16-29)19-4-8-22(31-2)9-5-19/h3-4,8-10,17,19-21,29H,5-7,11-16H2,1-2H3/t19?,21-,26-. The highest BCUT2D eigenvalue weighted by Crippen LogP contribution is 2.50. The van der Waals surface area contributed by atoms with Crippen molar-refractivity contribution in [2.24, 2.45) is 11.3 Å². The van der Waals surface area contributed by atoms with Gasteiger partial charge in [0.15, 0.2) is 0 Å². The lowest BCUT2D eigenvalue weighted by atomic mass is 9.61. The number of carbonyl (C=O) groups excluding carboxylic acids is 1. The summed E-state index contributed by atoms with van der Waals surface area (Å²) in [6.45, 7) is 2.01. The van der Waals surface area contributed by atoms with Gasteiger partial charge in [0.25, 0.3) is 5.91 Å². The monoisotopic (exact) mass is 427 g/mol. The number of hydrogen-bond acceptors (Lipinski definition) is 3. The second kappa shape index (κ2) is 9.15. The van der Waals surface area contributed by atoms with E-state index in [0.29, 0.717) is 5.92 Å². The summed E-state index contributed by atoms with van der Waals surface area (Å²) in [5, 5.41) is 9.81. The van der Waals surface area contributed by atoms with Crippen LogP contribution < -0.4 is 0 Å².